The molecule has 3 aromatic rings. The lowest BCUT2D eigenvalue weighted by molar-refractivity contribution is 0.0633. The van der Waals surface area contributed by atoms with E-state index in [1.165, 1.54) is 5.56 Å². The molecule has 1 fully saturated rings. The van der Waals surface area contributed by atoms with Crippen LogP contribution in [0, 0.1) is 6.92 Å². The number of para-hydroxylation sites is 1. The third-order valence-corrected chi connectivity index (χ3v) is 6.25. The van der Waals surface area contributed by atoms with Crippen LogP contribution in [0.3, 0.4) is 0 Å². The molecule has 1 aliphatic heterocycles. The van der Waals surface area contributed by atoms with Crippen LogP contribution < -0.4 is 5.32 Å². The van der Waals surface area contributed by atoms with Crippen LogP contribution in [0.5, 0.6) is 0 Å². The van der Waals surface area contributed by atoms with Gasteiger partial charge in [-0.2, -0.15) is 0 Å². The maximum absolute atomic E-state index is 12.6. The Morgan fingerprint density at radius 1 is 0.900 bits per heavy atom. The monoisotopic (exact) mass is 419 g/mol. The highest BCUT2D eigenvalue weighted by Crippen LogP contribution is 2.19. The summed E-state index contributed by atoms with van der Waals surface area (Å²) >= 11 is 1.56. The number of rotatable bonds is 5. The molecule has 0 bridgehead atoms. The fourth-order valence-electron chi connectivity index (χ4n) is 3.56. The predicted octanol–water partition coefficient (Wildman–Crippen LogP) is 4.27. The molecule has 1 N–H and O–H groups in total. The highest BCUT2D eigenvalue weighted by molar-refractivity contribution is 7.13. The number of amides is 2. The predicted molar refractivity (Wildman–Crippen MR) is 121 cm³/mol. The highest BCUT2D eigenvalue weighted by Gasteiger charge is 2.23. The molecule has 2 amide bonds. The van der Waals surface area contributed by atoms with Gasteiger partial charge in [0.25, 0.3) is 11.8 Å². The van der Waals surface area contributed by atoms with E-state index in [0.29, 0.717) is 5.56 Å². The van der Waals surface area contributed by atoms with Crippen molar-refractivity contribution in [1.82, 2.24) is 9.80 Å². The van der Waals surface area contributed by atoms with E-state index in [1.807, 2.05) is 78.6 Å². The summed E-state index contributed by atoms with van der Waals surface area (Å²) in [6.07, 6.45) is 0. The molecule has 0 spiro atoms. The van der Waals surface area contributed by atoms with Gasteiger partial charge in [-0.1, -0.05) is 30.3 Å². The molecule has 0 saturated carbocycles. The second-order valence-electron chi connectivity index (χ2n) is 7.50. The number of nitrogens with zero attached hydrogens (tertiary/aromatic N) is 2. The SMILES string of the molecule is Cc1ccc(C(=O)N2CCN(Cc3ccc(C(=O)Nc4ccccc4)cc3)CC2)s1. The van der Waals surface area contributed by atoms with E-state index >= 15 is 0 Å². The Kier molecular flexibility index (Phi) is 6.26. The van der Waals surface area contributed by atoms with Crippen LogP contribution in [-0.4, -0.2) is 47.8 Å². The Bertz CT molecular complexity index is 1010. The van der Waals surface area contributed by atoms with Gasteiger partial charge in [0.05, 0.1) is 4.88 Å². The van der Waals surface area contributed by atoms with E-state index in [1.54, 1.807) is 11.3 Å². The van der Waals surface area contributed by atoms with E-state index in [-0.39, 0.29) is 11.8 Å². The number of piperazine rings is 1. The zero-order valence-corrected chi connectivity index (χ0v) is 17.8. The van der Waals surface area contributed by atoms with Crippen LogP contribution in [0.15, 0.2) is 66.7 Å². The van der Waals surface area contributed by atoms with Gasteiger partial charge in [-0.15, -0.1) is 11.3 Å². The minimum Gasteiger partial charge on any atom is -0.335 e. The van der Waals surface area contributed by atoms with Crippen LogP contribution in [0.2, 0.25) is 0 Å². The summed E-state index contributed by atoms with van der Waals surface area (Å²) in [7, 11) is 0. The maximum Gasteiger partial charge on any atom is 0.264 e. The van der Waals surface area contributed by atoms with Crippen LogP contribution in [0.4, 0.5) is 5.69 Å². The molecule has 30 heavy (non-hydrogen) atoms. The summed E-state index contributed by atoms with van der Waals surface area (Å²) in [6.45, 7) is 6.04. The molecule has 2 aromatic carbocycles. The second kappa shape index (κ2) is 9.24. The Morgan fingerprint density at radius 2 is 1.60 bits per heavy atom. The van der Waals surface area contributed by atoms with Gasteiger partial charge in [-0.3, -0.25) is 14.5 Å². The zero-order chi connectivity index (χ0) is 20.9. The van der Waals surface area contributed by atoms with Crippen molar-refractivity contribution in [2.75, 3.05) is 31.5 Å². The summed E-state index contributed by atoms with van der Waals surface area (Å²) in [5.41, 5.74) is 2.60. The van der Waals surface area contributed by atoms with Crippen molar-refractivity contribution in [3.05, 3.63) is 87.6 Å². The van der Waals surface area contributed by atoms with E-state index in [9.17, 15) is 9.59 Å². The topological polar surface area (TPSA) is 52.7 Å². The van der Waals surface area contributed by atoms with Crippen LogP contribution >= 0.6 is 11.3 Å². The molecule has 0 atom stereocenters. The molecular weight excluding hydrogens is 394 g/mol. The average molecular weight is 420 g/mol. The van der Waals surface area contributed by atoms with Crippen molar-refractivity contribution in [3.63, 3.8) is 0 Å². The molecule has 1 aromatic heterocycles. The minimum atomic E-state index is -0.108. The van der Waals surface area contributed by atoms with Gasteiger partial charge in [0.1, 0.15) is 0 Å². The molecule has 2 heterocycles. The molecule has 0 unspecified atom stereocenters. The number of thiophene rings is 1. The lowest BCUT2D eigenvalue weighted by Gasteiger charge is -2.34. The van der Waals surface area contributed by atoms with Gasteiger partial charge in [0.2, 0.25) is 0 Å². The maximum atomic E-state index is 12.6. The van der Waals surface area contributed by atoms with Crippen LogP contribution in [-0.2, 0) is 6.54 Å². The van der Waals surface area contributed by atoms with Crippen LogP contribution in [0.25, 0.3) is 0 Å². The molecule has 154 valence electrons. The van der Waals surface area contributed by atoms with Gasteiger partial charge >= 0.3 is 0 Å². The van der Waals surface area contributed by atoms with Gasteiger partial charge in [-0.25, -0.2) is 0 Å². The van der Waals surface area contributed by atoms with Crippen molar-refractivity contribution in [2.45, 2.75) is 13.5 Å². The summed E-state index contributed by atoms with van der Waals surface area (Å²) in [5.74, 6) is 0.0326. The first-order valence-electron chi connectivity index (χ1n) is 10.1. The first kappa shape index (κ1) is 20.3. The smallest absolute Gasteiger partial charge is 0.264 e. The lowest BCUT2D eigenvalue weighted by Crippen LogP contribution is -2.48. The van der Waals surface area contributed by atoms with Gasteiger partial charge in [-0.05, 0) is 48.9 Å². The van der Waals surface area contributed by atoms with Gasteiger partial charge < -0.3 is 10.2 Å². The van der Waals surface area contributed by atoms with Crippen molar-refractivity contribution in [1.29, 1.82) is 0 Å². The molecule has 0 radical (unpaired) electrons. The largest absolute Gasteiger partial charge is 0.335 e. The van der Waals surface area contributed by atoms with Crippen LogP contribution in [0.1, 0.15) is 30.5 Å². The number of benzene rings is 2. The first-order chi connectivity index (χ1) is 14.6. The fraction of sp³-hybridized carbons (Fsp3) is 0.250. The Balaban J connectivity index is 1.28. The third-order valence-electron chi connectivity index (χ3n) is 5.26. The van der Waals surface area contributed by atoms with E-state index < -0.39 is 0 Å². The number of hydrogen-bond donors (Lipinski definition) is 1. The zero-order valence-electron chi connectivity index (χ0n) is 17.0. The van der Waals surface area contributed by atoms with Gasteiger partial charge in [0, 0.05) is 48.9 Å². The van der Waals surface area contributed by atoms with Crippen molar-refractivity contribution < 1.29 is 9.59 Å². The molecule has 0 aliphatic carbocycles. The third kappa shape index (κ3) is 4.96. The fourth-order valence-corrected chi connectivity index (χ4v) is 4.39. The number of aryl methyl sites for hydroxylation is 1. The quantitative estimate of drug-likeness (QED) is 0.672. The van der Waals surface area contributed by atoms with E-state index in [0.717, 1.165) is 48.2 Å². The van der Waals surface area contributed by atoms with E-state index in [4.69, 9.17) is 0 Å². The summed E-state index contributed by atoms with van der Waals surface area (Å²) < 4.78 is 0. The Labute approximate surface area is 180 Å². The second-order valence-corrected chi connectivity index (χ2v) is 8.78. The average Bonchev–Trinajstić information content (AvgIpc) is 3.21. The summed E-state index contributed by atoms with van der Waals surface area (Å²) in [6, 6.07) is 21.1. The molecule has 5 nitrogen and oxygen atoms in total. The van der Waals surface area contributed by atoms with Crippen molar-refractivity contribution in [3.8, 4) is 0 Å². The summed E-state index contributed by atoms with van der Waals surface area (Å²) in [4.78, 5) is 31.2. The number of nitrogens with one attached hydrogen (secondary N) is 1. The standard InChI is InChI=1S/C24H25N3O2S/c1-18-7-12-22(30-18)24(29)27-15-13-26(14-16-27)17-19-8-10-20(11-9-19)23(28)25-21-5-3-2-4-6-21/h2-12H,13-17H2,1H3,(H,25,28). The first-order valence-corrected chi connectivity index (χ1v) is 10.9. The minimum absolute atomic E-state index is 0.108. The summed E-state index contributed by atoms with van der Waals surface area (Å²) in [5, 5.41) is 2.90. The normalized spacial score (nSPS) is 14.5. The Hall–Kier alpha value is -2.96. The highest BCUT2D eigenvalue weighted by atomic mass is 32.1. The molecular formula is C24H25N3O2S. The Morgan fingerprint density at radius 3 is 2.23 bits per heavy atom. The number of carbonyl (C=O) groups excluding carboxylic acids is 2. The number of carbonyl (C=O) groups is 2. The molecule has 1 saturated heterocycles. The molecule has 1 aliphatic rings. The molecule has 6 heteroatoms. The van der Waals surface area contributed by atoms with Crippen molar-refractivity contribution in [2.24, 2.45) is 0 Å². The number of hydrogen-bond acceptors (Lipinski definition) is 4. The van der Waals surface area contributed by atoms with Gasteiger partial charge in [0.15, 0.2) is 0 Å². The number of anilines is 1. The van der Waals surface area contributed by atoms with E-state index in [2.05, 4.69) is 10.2 Å². The lowest BCUT2D eigenvalue weighted by atomic mass is 10.1. The van der Waals surface area contributed by atoms with Crippen molar-refractivity contribution >= 4 is 28.8 Å². The molecule has 4 rings (SSSR count).